The number of hydrogen-bond acceptors (Lipinski definition) is 3. The maximum atomic E-state index is 13.7. The molecule has 0 aromatic heterocycles. The molecule has 1 saturated heterocycles. The predicted octanol–water partition coefficient (Wildman–Crippen LogP) is 2.48. The summed E-state index contributed by atoms with van der Waals surface area (Å²) in [4.78, 5) is 24.5. The van der Waals surface area contributed by atoms with E-state index in [9.17, 15) is 22.8 Å². The number of benzene rings is 1. The van der Waals surface area contributed by atoms with Crippen molar-refractivity contribution in [1.82, 2.24) is 4.90 Å². The average Bonchev–Trinajstić information content (AvgIpc) is 2.80. The van der Waals surface area contributed by atoms with Gasteiger partial charge in [-0.3, -0.25) is 4.79 Å². The highest BCUT2D eigenvalue weighted by atomic mass is 32.2. The third kappa shape index (κ3) is 2.85. The summed E-state index contributed by atoms with van der Waals surface area (Å²) in [5.74, 6) is -5.99. The van der Waals surface area contributed by atoms with Crippen molar-refractivity contribution in [3.05, 3.63) is 35.1 Å². The van der Waals surface area contributed by atoms with E-state index >= 15 is 0 Å². The second-order valence-corrected chi connectivity index (χ2v) is 5.72. The number of carboxylic acid groups (broad SMARTS) is 1. The van der Waals surface area contributed by atoms with Gasteiger partial charge < -0.3 is 10.0 Å². The molecule has 1 N–H and O–H groups in total. The molecule has 1 amide bonds. The van der Waals surface area contributed by atoms with E-state index in [1.807, 2.05) is 0 Å². The molecule has 1 heterocycles. The Morgan fingerprint density at radius 2 is 1.90 bits per heavy atom. The molecule has 0 saturated carbocycles. The SMILES string of the molecule is CCC1SCC(C(=O)O)N1C(=O)c1c(F)cc(F)cc1F. The Hall–Kier alpha value is -1.70. The Labute approximate surface area is 122 Å². The summed E-state index contributed by atoms with van der Waals surface area (Å²) < 4.78 is 40.3. The van der Waals surface area contributed by atoms with Gasteiger partial charge in [0.05, 0.1) is 5.37 Å². The Bertz CT molecular complexity index is 573. The molecular weight excluding hydrogens is 307 g/mol. The van der Waals surface area contributed by atoms with Gasteiger partial charge in [0, 0.05) is 17.9 Å². The van der Waals surface area contributed by atoms with E-state index in [4.69, 9.17) is 5.11 Å². The van der Waals surface area contributed by atoms with Crippen molar-refractivity contribution >= 4 is 23.6 Å². The summed E-state index contributed by atoms with van der Waals surface area (Å²) in [6, 6.07) is -0.358. The maximum Gasteiger partial charge on any atom is 0.327 e. The molecule has 2 atom stereocenters. The summed E-state index contributed by atoms with van der Waals surface area (Å²) in [6.45, 7) is 1.74. The van der Waals surface area contributed by atoms with Crippen molar-refractivity contribution < 1.29 is 27.9 Å². The molecule has 0 bridgehead atoms. The molecular formula is C13H12F3NO3S. The lowest BCUT2D eigenvalue weighted by atomic mass is 10.1. The van der Waals surface area contributed by atoms with Gasteiger partial charge in [-0.1, -0.05) is 6.92 Å². The third-order valence-corrected chi connectivity index (χ3v) is 4.64. The third-order valence-electron chi connectivity index (χ3n) is 3.18. The Kier molecular flexibility index (Phi) is 4.46. The first kappa shape index (κ1) is 15.7. The van der Waals surface area contributed by atoms with Crippen LogP contribution in [0.2, 0.25) is 0 Å². The highest BCUT2D eigenvalue weighted by Crippen LogP contribution is 2.33. The molecule has 1 aliphatic heterocycles. The van der Waals surface area contributed by atoms with Gasteiger partial charge in [-0.15, -0.1) is 11.8 Å². The van der Waals surface area contributed by atoms with Crippen LogP contribution >= 0.6 is 11.8 Å². The topological polar surface area (TPSA) is 57.6 Å². The maximum absolute atomic E-state index is 13.7. The van der Waals surface area contributed by atoms with Gasteiger partial charge in [-0.2, -0.15) is 0 Å². The molecule has 0 aliphatic carbocycles. The van der Waals surface area contributed by atoms with Gasteiger partial charge in [0.15, 0.2) is 0 Å². The van der Waals surface area contributed by atoms with Crippen molar-refractivity contribution in [3.8, 4) is 0 Å². The van der Waals surface area contributed by atoms with E-state index in [1.165, 1.54) is 11.8 Å². The number of rotatable bonds is 3. The number of thioether (sulfide) groups is 1. The first-order valence-electron chi connectivity index (χ1n) is 6.18. The zero-order valence-corrected chi connectivity index (χ0v) is 11.8. The molecule has 2 unspecified atom stereocenters. The van der Waals surface area contributed by atoms with Crippen LogP contribution in [-0.2, 0) is 4.79 Å². The van der Waals surface area contributed by atoms with Gasteiger partial charge in [-0.05, 0) is 6.42 Å². The van der Waals surface area contributed by atoms with E-state index < -0.39 is 46.3 Å². The number of halogens is 3. The molecule has 1 aromatic carbocycles. The molecule has 4 nitrogen and oxygen atoms in total. The molecule has 2 rings (SSSR count). The number of nitrogens with zero attached hydrogens (tertiary/aromatic N) is 1. The number of aliphatic carboxylic acids is 1. The van der Waals surface area contributed by atoms with Gasteiger partial charge in [0.25, 0.3) is 5.91 Å². The minimum Gasteiger partial charge on any atom is -0.480 e. The minimum atomic E-state index is -1.34. The zero-order chi connectivity index (χ0) is 15.7. The second kappa shape index (κ2) is 5.97. The lowest BCUT2D eigenvalue weighted by molar-refractivity contribution is -0.141. The van der Waals surface area contributed by atoms with Gasteiger partial charge in [0.1, 0.15) is 29.1 Å². The van der Waals surface area contributed by atoms with Crippen LogP contribution in [0.1, 0.15) is 23.7 Å². The Morgan fingerprint density at radius 1 is 1.33 bits per heavy atom. The fourth-order valence-corrected chi connectivity index (χ4v) is 3.56. The van der Waals surface area contributed by atoms with Crippen molar-refractivity contribution in [2.75, 3.05) is 5.75 Å². The summed E-state index contributed by atoms with van der Waals surface area (Å²) in [7, 11) is 0. The fraction of sp³-hybridized carbons (Fsp3) is 0.385. The van der Waals surface area contributed by atoms with E-state index in [0.717, 1.165) is 4.90 Å². The van der Waals surface area contributed by atoms with Crippen molar-refractivity contribution in [3.63, 3.8) is 0 Å². The molecule has 114 valence electrons. The van der Waals surface area contributed by atoms with Crippen molar-refractivity contribution in [1.29, 1.82) is 0 Å². The van der Waals surface area contributed by atoms with Crippen molar-refractivity contribution in [2.45, 2.75) is 24.8 Å². The molecule has 1 fully saturated rings. The van der Waals surface area contributed by atoms with Crippen LogP contribution in [0.15, 0.2) is 12.1 Å². The molecule has 0 spiro atoms. The monoisotopic (exact) mass is 319 g/mol. The van der Waals surface area contributed by atoms with Gasteiger partial charge in [0.2, 0.25) is 0 Å². The van der Waals surface area contributed by atoms with Gasteiger partial charge >= 0.3 is 5.97 Å². The molecule has 21 heavy (non-hydrogen) atoms. The average molecular weight is 319 g/mol. The van der Waals surface area contributed by atoms with Crippen LogP contribution < -0.4 is 0 Å². The van der Waals surface area contributed by atoms with E-state index in [-0.39, 0.29) is 5.75 Å². The first-order valence-corrected chi connectivity index (χ1v) is 7.23. The smallest absolute Gasteiger partial charge is 0.327 e. The first-order chi connectivity index (χ1) is 9.86. The lowest BCUT2D eigenvalue weighted by Gasteiger charge is -2.27. The zero-order valence-electron chi connectivity index (χ0n) is 11.0. The summed E-state index contributed by atoms with van der Waals surface area (Å²) in [5, 5.41) is 8.64. The second-order valence-electron chi connectivity index (χ2n) is 4.51. The number of carboxylic acids is 1. The lowest BCUT2D eigenvalue weighted by Crippen LogP contribution is -2.46. The quantitative estimate of drug-likeness (QED) is 0.930. The summed E-state index contributed by atoms with van der Waals surface area (Å²) in [6.07, 6.45) is 0.435. The highest BCUT2D eigenvalue weighted by molar-refractivity contribution is 8.00. The number of hydrogen-bond donors (Lipinski definition) is 1. The molecule has 8 heteroatoms. The predicted molar refractivity (Wildman–Crippen MR) is 70.4 cm³/mol. The standard InChI is InChI=1S/C13H12F3NO3S/c1-2-10-17(9(5-21-10)13(19)20)12(18)11-7(15)3-6(14)4-8(11)16/h3-4,9-10H,2,5H2,1H3,(H,19,20). The van der Waals surface area contributed by atoms with E-state index in [1.54, 1.807) is 6.92 Å². The Morgan fingerprint density at radius 3 is 2.38 bits per heavy atom. The highest BCUT2D eigenvalue weighted by Gasteiger charge is 2.42. The number of amides is 1. The van der Waals surface area contributed by atoms with Crippen LogP contribution in [0.25, 0.3) is 0 Å². The molecule has 0 radical (unpaired) electrons. The minimum absolute atomic E-state index is 0.143. The van der Waals surface area contributed by atoms with Crippen LogP contribution in [0.5, 0.6) is 0 Å². The normalized spacial score (nSPS) is 21.6. The summed E-state index contributed by atoms with van der Waals surface area (Å²) >= 11 is 1.23. The van der Waals surface area contributed by atoms with Crippen molar-refractivity contribution in [2.24, 2.45) is 0 Å². The van der Waals surface area contributed by atoms with Crippen LogP contribution in [0.3, 0.4) is 0 Å². The van der Waals surface area contributed by atoms with Crippen LogP contribution in [-0.4, -0.2) is 39.1 Å². The summed E-state index contributed by atoms with van der Waals surface area (Å²) in [5.41, 5.74) is -0.927. The molecule has 1 aliphatic rings. The molecule has 1 aromatic rings. The van der Waals surface area contributed by atoms with E-state index in [0.29, 0.717) is 18.6 Å². The Balaban J connectivity index is 2.44. The number of carbonyl (C=O) groups excluding carboxylic acids is 1. The fourth-order valence-electron chi connectivity index (χ4n) is 2.22. The van der Waals surface area contributed by atoms with E-state index in [2.05, 4.69) is 0 Å². The van der Waals surface area contributed by atoms with Crippen LogP contribution in [0, 0.1) is 17.5 Å². The largest absolute Gasteiger partial charge is 0.480 e. The van der Waals surface area contributed by atoms with Crippen LogP contribution in [0.4, 0.5) is 13.2 Å². The van der Waals surface area contributed by atoms with Gasteiger partial charge in [-0.25, -0.2) is 18.0 Å². The number of carbonyl (C=O) groups is 2.